The topological polar surface area (TPSA) is 44.0 Å². The maximum atomic E-state index is 7.86. The summed E-state index contributed by atoms with van der Waals surface area (Å²) >= 11 is 3.29. The smallest absolute Gasteiger partial charge is 0.184 e. The summed E-state index contributed by atoms with van der Waals surface area (Å²) in [6, 6.07) is 1.45. The second-order valence-corrected chi connectivity index (χ2v) is 0.992. The lowest BCUT2D eigenvalue weighted by Crippen LogP contribution is -1.85. The Morgan fingerprint density at radius 1 is 2.00 bits per heavy atom. The van der Waals surface area contributed by atoms with Gasteiger partial charge in [-0.25, -0.2) is 0 Å². The lowest BCUT2D eigenvalue weighted by atomic mass is 10.8. The Balaban J connectivity index is 2.94. The van der Waals surface area contributed by atoms with E-state index in [0.717, 1.165) is 0 Å². The zero-order valence-electron chi connectivity index (χ0n) is 2.42. The molecule has 0 bridgehead atoms. The van der Waals surface area contributed by atoms with Gasteiger partial charge >= 0.3 is 0 Å². The fourth-order valence-corrected chi connectivity index (χ4v) is 0. The first-order chi connectivity index (χ1) is 2.27. The summed E-state index contributed by atoms with van der Waals surface area (Å²) in [7, 11) is 0. The number of rotatable bonds is 0. The first-order valence-electron chi connectivity index (χ1n) is 1.03. The van der Waals surface area contributed by atoms with E-state index in [1.54, 1.807) is 0 Å². The molecule has 0 heterocycles. The van der Waals surface area contributed by atoms with Gasteiger partial charge in [0, 0.05) is 0 Å². The van der Waals surface area contributed by atoms with Crippen molar-refractivity contribution >= 4 is 12.6 Å². The van der Waals surface area contributed by atoms with E-state index < -0.39 is 5.44 Å². The number of hydrogen-bond acceptors (Lipinski definition) is 3. The molecule has 0 aromatic heterocycles. The molecule has 0 saturated heterocycles. The third-order valence-corrected chi connectivity index (χ3v) is 0.231. The van der Waals surface area contributed by atoms with E-state index in [1.165, 1.54) is 6.07 Å². The number of aliphatic hydroxyl groups excluding tert-OH is 1. The zero-order chi connectivity index (χ0) is 4.28. The van der Waals surface area contributed by atoms with Crippen LogP contribution < -0.4 is 0 Å². The minimum atomic E-state index is -1.12. The van der Waals surface area contributed by atoms with E-state index in [2.05, 4.69) is 12.6 Å². The quantitative estimate of drug-likeness (QED) is 0.244. The van der Waals surface area contributed by atoms with Crippen molar-refractivity contribution in [1.29, 1.82) is 5.26 Å². The van der Waals surface area contributed by atoms with Gasteiger partial charge in [-0.2, -0.15) is 5.26 Å². The highest BCUT2D eigenvalue weighted by atomic mass is 32.1. The molecule has 2 nitrogen and oxygen atoms in total. The second kappa shape index (κ2) is 2.06. The average molecular weight is 89.1 g/mol. The molecule has 0 aliphatic carbocycles. The van der Waals surface area contributed by atoms with Crippen molar-refractivity contribution in [2.45, 2.75) is 5.44 Å². The van der Waals surface area contributed by atoms with Crippen LogP contribution in [0.1, 0.15) is 0 Å². The molecule has 3 heteroatoms. The Labute approximate surface area is 35.4 Å². The van der Waals surface area contributed by atoms with Gasteiger partial charge in [-0.05, 0) is 0 Å². The van der Waals surface area contributed by atoms with Crippen LogP contribution in [-0.4, -0.2) is 10.5 Å². The summed E-state index contributed by atoms with van der Waals surface area (Å²) in [6.07, 6.45) is 0. The molecule has 1 N–H and O–H groups in total. The average Bonchev–Trinajstić information content (AvgIpc) is 1.38. The number of nitrogens with zero attached hydrogens (tertiary/aromatic N) is 1. The Bertz CT molecular complexity index is 55.2. The fraction of sp³-hybridized carbons (Fsp3) is 0.500. The van der Waals surface area contributed by atoms with E-state index in [0.29, 0.717) is 0 Å². The van der Waals surface area contributed by atoms with Gasteiger partial charge in [-0.3, -0.25) is 0 Å². The number of thiol groups is 1. The molecule has 0 saturated carbocycles. The van der Waals surface area contributed by atoms with Crippen LogP contribution in [0.5, 0.6) is 0 Å². The molecule has 1 atom stereocenters. The van der Waals surface area contributed by atoms with Gasteiger partial charge in [0.05, 0.1) is 0 Å². The number of nitriles is 1. The van der Waals surface area contributed by atoms with Gasteiger partial charge in [0.2, 0.25) is 0 Å². The maximum Gasteiger partial charge on any atom is 0.184 e. The molecular weight excluding hydrogens is 86.1 g/mol. The molecule has 28 valence electrons. The lowest BCUT2D eigenvalue weighted by Gasteiger charge is -1.76. The SMILES string of the molecule is N#CC(O)S. The molecule has 0 aliphatic heterocycles. The van der Waals surface area contributed by atoms with E-state index in [1.807, 2.05) is 0 Å². The van der Waals surface area contributed by atoms with Crippen LogP contribution in [0, 0.1) is 11.3 Å². The van der Waals surface area contributed by atoms with E-state index >= 15 is 0 Å². The van der Waals surface area contributed by atoms with Crippen LogP contribution in [0.2, 0.25) is 0 Å². The molecule has 0 aliphatic rings. The lowest BCUT2D eigenvalue weighted by molar-refractivity contribution is 0.318. The Hall–Kier alpha value is -0.200. The normalized spacial score (nSPS) is 13.0. The van der Waals surface area contributed by atoms with Crippen molar-refractivity contribution in [2.75, 3.05) is 0 Å². The number of aliphatic hydroxyl groups is 1. The van der Waals surface area contributed by atoms with Crippen molar-refractivity contribution in [3.05, 3.63) is 0 Å². The monoisotopic (exact) mass is 89.0 g/mol. The molecule has 0 fully saturated rings. The van der Waals surface area contributed by atoms with Crippen LogP contribution >= 0.6 is 12.6 Å². The summed E-state index contributed by atoms with van der Waals surface area (Å²) in [5.41, 5.74) is -1.12. The summed E-state index contributed by atoms with van der Waals surface area (Å²) in [5, 5.41) is 15.4. The predicted octanol–water partition coefficient (Wildman–Crippen LogP) is -0.242. The Kier molecular flexibility index (Phi) is 1.98. The standard InChI is InChI=1S/C2H3NOS/c3-1-2(4)5/h2,4-5H. The highest BCUT2D eigenvalue weighted by Crippen LogP contribution is 1.79. The Morgan fingerprint density at radius 2 is 2.20 bits per heavy atom. The summed E-state index contributed by atoms with van der Waals surface area (Å²) in [6.45, 7) is 0. The van der Waals surface area contributed by atoms with Crippen LogP contribution in [0.15, 0.2) is 0 Å². The summed E-state index contributed by atoms with van der Waals surface area (Å²) < 4.78 is 0. The van der Waals surface area contributed by atoms with Gasteiger partial charge in [-0.1, -0.05) is 0 Å². The molecule has 1 unspecified atom stereocenters. The highest BCUT2D eigenvalue weighted by molar-refractivity contribution is 7.81. The van der Waals surface area contributed by atoms with Crippen molar-refractivity contribution in [3.8, 4) is 6.07 Å². The Morgan fingerprint density at radius 3 is 2.20 bits per heavy atom. The van der Waals surface area contributed by atoms with E-state index in [-0.39, 0.29) is 0 Å². The minimum Gasteiger partial charge on any atom is -0.370 e. The second-order valence-electron chi connectivity index (χ2n) is 0.503. The van der Waals surface area contributed by atoms with Crippen LogP contribution in [0.3, 0.4) is 0 Å². The van der Waals surface area contributed by atoms with Gasteiger partial charge in [0.1, 0.15) is 6.07 Å². The van der Waals surface area contributed by atoms with Crippen molar-refractivity contribution in [3.63, 3.8) is 0 Å². The summed E-state index contributed by atoms with van der Waals surface area (Å²) in [4.78, 5) is 0. The third-order valence-electron chi connectivity index (χ3n) is 0.115. The summed E-state index contributed by atoms with van der Waals surface area (Å²) in [5.74, 6) is 0. The van der Waals surface area contributed by atoms with Crippen molar-refractivity contribution in [1.82, 2.24) is 0 Å². The molecule has 0 radical (unpaired) electrons. The van der Waals surface area contributed by atoms with Gasteiger partial charge < -0.3 is 5.11 Å². The van der Waals surface area contributed by atoms with E-state index in [9.17, 15) is 0 Å². The maximum absolute atomic E-state index is 7.86. The highest BCUT2D eigenvalue weighted by Gasteiger charge is 1.81. The van der Waals surface area contributed by atoms with Crippen LogP contribution in [-0.2, 0) is 0 Å². The first-order valence-corrected chi connectivity index (χ1v) is 1.55. The molecule has 0 aromatic rings. The van der Waals surface area contributed by atoms with Gasteiger partial charge in [0.25, 0.3) is 0 Å². The number of hydrogen-bond donors (Lipinski definition) is 2. The van der Waals surface area contributed by atoms with Crippen LogP contribution in [0.25, 0.3) is 0 Å². The predicted molar refractivity (Wildman–Crippen MR) is 20.6 cm³/mol. The fourth-order valence-electron chi connectivity index (χ4n) is 0. The van der Waals surface area contributed by atoms with Crippen LogP contribution in [0.4, 0.5) is 0 Å². The van der Waals surface area contributed by atoms with Gasteiger partial charge in [-0.15, -0.1) is 12.6 Å². The van der Waals surface area contributed by atoms with E-state index in [4.69, 9.17) is 10.4 Å². The molecule has 5 heavy (non-hydrogen) atoms. The largest absolute Gasteiger partial charge is 0.370 e. The zero-order valence-corrected chi connectivity index (χ0v) is 3.31. The molecule has 0 aromatic carbocycles. The molecule has 0 spiro atoms. The molecular formula is C2H3NOS. The molecule has 0 amide bonds. The minimum absolute atomic E-state index is 1.12. The van der Waals surface area contributed by atoms with Crippen molar-refractivity contribution < 1.29 is 5.11 Å². The third kappa shape index (κ3) is 3.80. The van der Waals surface area contributed by atoms with Crippen molar-refractivity contribution in [2.24, 2.45) is 0 Å². The molecule has 0 rings (SSSR count). The van der Waals surface area contributed by atoms with Gasteiger partial charge in [0.15, 0.2) is 5.44 Å². The first kappa shape index (κ1) is 4.80.